The van der Waals surface area contributed by atoms with Crippen LogP contribution in [0.15, 0.2) is 0 Å². The molecule has 0 amide bonds. The maximum absolute atomic E-state index is 11.5. The van der Waals surface area contributed by atoms with Crippen LogP contribution in [0, 0.1) is 6.42 Å². The number of rotatable bonds is 4. The van der Waals surface area contributed by atoms with Crippen LogP contribution in [-0.4, -0.2) is 30.5 Å². The Hall–Kier alpha value is -0.640. The van der Waals surface area contributed by atoms with E-state index in [9.17, 15) is 9.18 Å². The molecule has 1 unspecified atom stereocenters. The van der Waals surface area contributed by atoms with Crippen LogP contribution in [-0.2, 0) is 9.53 Å². The smallest absolute Gasteiger partial charge is 0.312 e. The lowest BCUT2D eigenvalue weighted by atomic mass is 10.3. The van der Waals surface area contributed by atoms with Crippen LogP contribution in [0.3, 0.4) is 0 Å². The summed E-state index contributed by atoms with van der Waals surface area (Å²) >= 11 is 0. The maximum atomic E-state index is 11.5. The summed E-state index contributed by atoms with van der Waals surface area (Å²) in [6.07, 6.45) is -0.539. The fourth-order valence-electron chi connectivity index (χ4n) is 0.392. The molecule has 3 nitrogen and oxygen atoms in total. The summed E-state index contributed by atoms with van der Waals surface area (Å²) in [5.41, 5.74) is 0. The Morgan fingerprint density at radius 1 is 1.90 bits per heavy atom. The molecule has 0 rings (SSSR count). The average molecular weight is 149 g/mol. The minimum absolute atomic E-state index is 0.230. The van der Waals surface area contributed by atoms with E-state index in [1.54, 1.807) is 6.92 Å². The highest BCUT2D eigenvalue weighted by Crippen LogP contribution is 1.92. The number of aliphatic hydroxyl groups is 1. The van der Waals surface area contributed by atoms with E-state index in [0.717, 1.165) is 6.42 Å². The van der Waals surface area contributed by atoms with Crippen molar-refractivity contribution in [3.63, 3.8) is 0 Å². The molecule has 0 bridgehead atoms. The Bertz CT molecular complexity index is 105. The van der Waals surface area contributed by atoms with Crippen LogP contribution in [0.2, 0.25) is 0 Å². The van der Waals surface area contributed by atoms with E-state index >= 15 is 0 Å². The van der Waals surface area contributed by atoms with Crippen LogP contribution in [0.25, 0.3) is 0 Å². The second-order valence-electron chi connectivity index (χ2n) is 1.64. The molecule has 0 spiro atoms. The van der Waals surface area contributed by atoms with Gasteiger partial charge < -0.3 is 9.84 Å². The van der Waals surface area contributed by atoms with Crippen molar-refractivity contribution in [3.8, 4) is 0 Å². The highest BCUT2D eigenvalue weighted by molar-refractivity contribution is 5.79. The van der Waals surface area contributed by atoms with Crippen molar-refractivity contribution in [1.29, 1.82) is 0 Å². The van der Waals surface area contributed by atoms with Gasteiger partial charge in [0.15, 0.2) is 0 Å². The molecule has 0 aromatic heterocycles. The monoisotopic (exact) mass is 149 g/mol. The molecule has 0 aromatic rings. The first-order chi connectivity index (χ1) is 4.70. The molecule has 0 heterocycles. The number of ether oxygens (including phenoxy) is 1. The second-order valence-corrected chi connectivity index (χ2v) is 1.64. The van der Waals surface area contributed by atoms with E-state index in [1.807, 2.05) is 0 Å². The Balaban J connectivity index is 3.37. The molecule has 0 fully saturated rings. The van der Waals surface area contributed by atoms with Gasteiger partial charge in [0.25, 0.3) is 0 Å². The molecule has 59 valence electrons. The highest BCUT2D eigenvalue weighted by Gasteiger charge is 2.10. The number of alkyl halides is 1. The van der Waals surface area contributed by atoms with E-state index in [0.29, 0.717) is 0 Å². The van der Waals surface area contributed by atoms with Gasteiger partial charge in [-0.25, -0.2) is 4.39 Å². The molecule has 0 aliphatic heterocycles. The van der Waals surface area contributed by atoms with E-state index in [4.69, 9.17) is 5.11 Å². The van der Waals surface area contributed by atoms with Gasteiger partial charge in [0.2, 0.25) is 0 Å². The second kappa shape index (κ2) is 5.17. The number of esters is 1. The molecular formula is C6H10FO3. The summed E-state index contributed by atoms with van der Waals surface area (Å²) in [7, 11) is 0. The molecular weight excluding hydrogens is 139 g/mol. The van der Waals surface area contributed by atoms with Gasteiger partial charge in [0.05, 0.1) is 12.7 Å². The molecule has 0 aromatic carbocycles. The van der Waals surface area contributed by atoms with Gasteiger partial charge in [-0.2, -0.15) is 0 Å². The Labute approximate surface area is 58.8 Å². The molecule has 0 saturated carbocycles. The van der Waals surface area contributed by atoms with Crippen LogP contribution in [0.5, 0.6) is 0 Å². The largest absolute Gasteiger partial charge is 0.466 e. The van der Waals surface area contributed by atoms with Crippen LogP contribution in [0.4, 0.5) is 4.39 Å². The summed E-state index contributed by atoms with van der Waals surface area (Å²) in [6.45, 7) is 0.903. The average Bonchev–Trinajstić information content (AvgIpc) is 1.88. The minimum Gasteiger partial charge on any atom is -0.466 e. The molecule has 0 aliphatic rings. The Kier molecular flexibility index (Phi) is 4.84. The number of carbonyl (C=O) groups is 1. The first kappa shape index (κ1) is 9.36. The van der Waals surface area contributed by atoms with E-state index < -0.39 is 18.7 Å². The number of hydrogen-bond donors (Lipinski definition) is 1. The van der Waals surface area contributed by atoms with Crippen LogP contribution in [0.1, 0.15) is 6.92 Å². The first-order valence-electron chi connectivity index (χ1n) is 2.96. The number of hydrogen-bond acceptors (Lipinski definition) is 3. The SMILES string of the molecule is CCOC(=O)[CH]C(O)CF. The van der Waals surface area contributed by atoms with Crippen molar-refractivity contribution >= 4 is 5.97 Å². The van der Waals surface area contributed by atoms with Gasteiger partial charge in [-0.15, -0.1) is 0 Å². The zero-order chi connectivity index (χ0) is 7.98. The Morgan fingerprint density at radius 2 is 2.50 bits per heavy atom. The summed E-state index contributed by atoms with van der Waals surface area (Å²) < 4.78 is 15.9. The van der Waals surface area contributed by atoms with Crippen LogP contribution < -0.4 is 0 Å². The molecule has 1 atom stereocenters. The van der Waals surface area contributed by atoms with Crippen LogP contribution >= 0.6 is 0 Å². The summed E-state index contributed by atoms with van der Waals surface area (Å²) in [5, 5.41) is 8.52. The highest BCUT2D eigenvalue weighted by atomic mass is 19.1. The maximum Gasteiger partial charge on any atom is 0.312 e. The van der Waals surface area contributed by atoms with Crippen molar-refractivity contribution in [2.75, 3.05) is 13.3 Å². The van der Waals surface area contributed by atoms with Crippen molar-refractivity contribution < 1.29 is 19.0 Å². The summed E-state index contributed by atoms with van der Waals surface area (Å²) in [5.74, 6) is -0.687. The Morgan fingerprint density at radius 3 is 2.90 bits per heavy atom. The molecule has 10 heavy (non-hydrogen) atoms. The third kappa shape index (κ3) is 4.26. The van der Waals surface area contributed by atoms with Gasteiger partial charge in [0, 0.05) is 0 Å². The lowest BCUT2D eigenvalue weighted by molar-refractivity contribution is -0.140. The first-order valence-corrected chi connectivity index (χ1v) is 2.96. The molecule has 1 radical (unpaired) electrons. The molecule has 1 N–H and O–H groups in total. The lowest BCUT2D eigenvalue weighted by Gasteiger charge is -2.03. The molecule has 0 saturated heterocycles. The summed E-state index contributed by atoms with van der Waals surface area (Å²) in [6, 6.07) is 0. The van der Waals surface area contributed by atoms with Gasteiger partial charge >= 0.3 is 5.97 Å². The fraction of sp³-hybridized carbons (Fsp3) is 0.667. The standard InChI is InChI=1S/C6H10FO3/c1-2-10-6(9)3-5(8)4-7/h3,5,8H,2,4H2,1H3. The predicted octanol–water partition coefficient (Wildman–Crippen LogP) is 0.0842. The van der Waals surface area contributed by atoms with Crippen molar-refractivity contribution in [2.24, 2.45) is 0 Å². The number of carbonyl (C=O) groups excluding carboxylic acids is 1. The van der Waals surface area contributed by atoms with E-state index in [-0.39, 0.29) is 6.61 Å². The van der Waals surface area contributed by atoms with Gasteiger partial charge in [-0.3, -0.25) is 4.79 Å². The fourth-order valence-corrected chi connectivity index (χ4v) is 0.392. The molecule has 0 aliphatic carbocycles. The lowest BCUT2D eigenvalue weighted by Crippen LogP contribution is -2.18. The van der Waals surface area contributed by atoms with Gasteiger partial charge in [-0.05, 0) is 6.92 Å². The molecule has 4 heteroatoms. The zero-order valence-corrected chi connectivity index (χ0v) is 5.71. The minimum atomic E-state index is -1.33. The zero-order valence-electron chi connectivity index (χ0n) is 5.71. The summed E-state index contributed by atoms with van der Waals surface area (Å²) in [4.78, 5) is 10.4. The normalized spacial score (nSPS) is 12.7. The third-order valence-corrected chi connectivity index (χ3v) is 0.773. The topological polar surface area (TPSA) is 46.5 Å². The number of halogens is 1. The van der Waals surface area contributed by atoms with Crippen molar-refractivity contribution in [2.45, 2.75) is 13.0 Å². The third-order valence-electron chi connectivity index (χ3n) is 0.773. The quantitative estimate of drug-likeness (QED) is 0.576. The van der Waals surface area contributed by atoms with E-state index in [2.05, 4.69) is 4.74 Å². The van der Waals surface area contributed by atoms with E-state index in [1.165, 1.54) is 0 Å². The van der Waals surface area contributed by atoms with Gasteiger partial charge in [0.1, 0.15) is 13.1 Å². The van der Waals surface area contributed by atoms with Crippen molar-refractivity contribution in [1.82, 2.24) is 0 Å². The predicted molar refractivity (Wildman–Crippen MR) is 32.9 cm³/mol. The van der Waals surface area contributed by atoms with Gasteiger partial charge in [-0.1, -0.05) is 0 Å². The van der Waals surface area contributed by atoms with Crippen molar-refractivity contribution in [3.05, 3.63) is 6.42 Å². The number of aliphatic hydroxyl groups excluding tert-OH is 1.